The quantitative estimate of drug-likeness (QED) is 0.591. The molecule has 0 heterocycles. The van der Waals surface area contributed by atoms with E-state index in [0.29, 0.717) is 0 Å². The Hall–Kier alpha value is -2.73. The van der Waals surface area contributed by atoms with E-state index < -0.39 is 11.0 Å². The molecule has 6 heteroatoms. The predicted molar refractivity (Wildman–Crippen MR) is 98.3 cm³/mol. The molecule has 0 saturated heterocycles. The van der Waals surface area contributed by atoms with Gasteiger partial charge in [0, 0.05) is 12.1 Å². The Kier molecular flexibility index (Phi) is 6.25. The highest BCUT2D eigenvalue weighted by Crippen LogP contribution is 2.24. The Morgan fingerprint density at radius 2 is 1.60 bits per heavy atom. The Bertz CT molecular complexity index is 732. The van der Waals surface area contributed by atoms with Crippen LogP contribution in [0.2, 0.25) is 0 Å². The van der Waals surface area contributed by atoms with Crippen molar-refractivity contribution in [3.63, 3.8) is 0 Å². The number of anilines is 1. The van der Waals surface area contributed by atoms with Crippen molar-refractivity contribution in [3.05, 3.63) is 70.3 Å². The van der Waals surface area contributed by atoms with Crippen molar-refractivity contribution in [2.45, 2.75) is 32.9 Å². The maximum Gasteiger partial charge on any atom is 0.292 e. The summed E-state index contributed by atoms with van der Waals surface area (Å²) in [5, 5.41) is 17.0. The van der Waals surface area contributed by atoms with E-state index in [1.165, 1.54) is 12.1 Å². The van der Waals surface area contributed by atoms with Crippen LogP contribution in [0.1, 0.15) is 32.4 Å². The van der Waals surface area contributed by atoms with Gasteiger partial charge in [0.25, 0.3) is 5.69 Å². The first-order valence-electron chi connectivity index (χ1n) is 8.25. The second-order valence-corrected chi connectivity index (χ2v) is 6.28. The van der Waals surface area contributed by atoms with Gasteiger partial charge in [-0.15, -0.1) is 0 Å². The van der Waals surface area contributed by atoms with Crippen molar-refractivity contribution >= 4 is 17.3 Å². The standard InChI is InChI=1S/C19H23N3O3/c1-13(2)18(15-9-5-4-6-10-15)20-14(3)19(23)21-16-11-7-8-12-17(16)22(24)25/h4-14,18,20H,1-3H3,(H,21,23)/t14-,18-/m1/s1. The summed E-state index contributed by atoms with van der Waals surface area (Å²) >= 11 is 0. The number of amides is 1. The monoisotopic (exact) mass is 341 g/mol. The molecule has 1 amide bonds. The highest BCUT2D eigenvalue weighted by molar-refractivity contribution is 5.96. The number of rotatable bonds is 7. The minimum absolute atomic E-state index is 0.00714. The number of carbonyl (C=O) groups excluding carboxylic acids is 1. The normalized spacial score (nSPS) is 13.3. The Morgan fingerprint density at radius 3 is 2.20 bits per heavy atom. The average molecular weight is 341 g/mol. The van der Waals surface area contributed by atoms with Crippen molar-refractivity contribution in [1.29, 1.82) is 0 Å². The summed E-state index contributed by atoms with van der Waals surface area (Å²) in [4.78, 5) is 23.0. The fourth-order valence-corrected chi connectivity index (χ4v) is 2.66. The summed E-state index contributed by atoms with van der Waals surface area (Å²) < 4.78 is 0. The van der Waals surface area contributed by atoms with Gasteiger partial charge in [-0.3, -0.25) is 20.2 Å². The first-order valence-corrected chi connectivity index (χ1v) is 8.25. The lowest BCUT2D eigenvalue weighted by molar-refractivity contribution is -0.383. The van der Waals surface area contributed by atoms with Crippen molar-refractivity contribution in [1.82, 2.24) is 5.32 Å². The van der Waals surface area contributed by atoms with Gasteiger partial charge in [-0.2, -0.15) is 0 Å². The van der Waals surface area contributed by atoms with Crippen molar-refractivity contribution in [3.8, 4) is 0 Å². The van der Waals surface area contributed by atoms with E-state index in [2.05, 4.69) is 24.5 Å². The minimum Gasteiger partial charge on any atom is -0.319 e. The molecule has 0 saturated carbocycles. The number of benzene rings is 2. The van der Waals surface area contributed by atoms with Crippen LogP contribution in [0.4, 0.5) is 11.4 Å². The van der Waals surface area contributed by atoms with Crippen molar-refractivity contribution < 1.29 is 9.72 Å². The van der Waals surface area contributed by atoms with Gasteiger partial charge in [-0.1, -0.05) is 56.3 Å². The molecule has 0 fully saturated rings. The van der Waals surface area contributed by atoms with Gasteiger partial charge in [0.05, 0.1) is 11.0 Å². The average Bonchev–Trinajstić information content (AvgIpc) is 2.60. The fraction of sp³-hybridized carbons (Fsp3) is 0.316. The first kappa shape index (κ1) is 18.6. The largest absolute Gasteiger partial charge is 0.319 e. The summed E-state index contributed by atoms with van der Waals surface area (Å²) in [7, 11) is 0. The molecule has 0 aliphatic carbocycles. The molecule has 6 nitrogen and oxygen atoms in total. The highest BCUT2D eigenvalue weighted by Gasteiger charge is 2.23. The third-order valence-corrected chi connectivity index (χ3v) is 4.01. The van der Waals surface area contributed by atoms with Crippen LogP contribution in [0.15, 0.2) is 54.6 Å². The maximum atomic E-state index is 12.5. The van der Waals surface area contributed by atoms with E-state index in [4.69, 9.17) is 0 Å². The Labute approximate surface area is 147 Å². The molecule has 2 N–H and O–H groups in total. The summed E-state index contributed by atoms with van der Waals surface area (Å²) in [6.45, 7) is 5.91. The number of carbonyl (C=O) groups is 1. The van der Waals surface area contributed by atoms with Crippen LogP contribution in [0.25, 0.3) is 0 Å². The lowest BCUT2D eigenvalue weighted by Crippen LogP contribution is -2.41. The maximum absolute atomic E-state index is 12.5. The number of nitrogens with zero attached hydrogens (tertiary/aromatic N) is 1. The number of hydrogen-bond donors (Lipinski definition) is 2. The lowest BCUT2D eigenvalue weighted by Gasteiger charge is -2.26. The number of hydrogen-bond acceptors (Lipinski definition) is 4. The van der Waals surface area contributed by atoms with Crippen LogP contribution in [0, 0.1) is 16.0 Å². The molecule has 2 rings (SSSR count). The molecule has 2 aromatic rings. The van der Waals surface area contributed by atoms with Gasteiger partial charge in [0.1, 0.15) is 5.69 Å². The number of nitrogens with one attached hydrogen (secondary N) is 2. The summed E-state index contributed by atoms with van der Waals surface area (Å²) in [6.07, 6.45) is 0. The summed E-state index contributed by atoms with van der Waals surface area (Å²) in [6, 6.07) is 15.5. The molecule has 25 heavy (non-hydrogen) atoms. The molecule has 0 spiro atoms. The van der Waals surface area contributed by atoms with E-state index >= 15 is 0 Å². The number of para-hydroxylation sites is 2. The molecule has 0 aromatic heterocycles. The molecular weight excluding hydrogens is 318 g/mol. The van der Waals surface area contributed by atoms with Crippen LogP contribution < -0.4 is 10.6 Å². The van der Waals surface area contributed by atoms with Gasteiger partial charge < -0.3 is 5.32 Å². The molecule has 2 aromatic carbocycles. The zero-order valence-corrected chi connectivity index (χ0v) is 14.6. The van der Waals surface area contributed by atoms with Crippen LogP contribution in [0.5, 0.6) is 0 Å². The summed E-state index contributed by atoms with van der Waals surface area (Å²) in [5.41, 5.74) is 1.18. The van der Waals surface area contributed by atoms with E-state index in [9.17, 15) is 14.9 Å². The highest BCUT2D eigenvalue weighted by atomic mass is 16.6. The minimum atomic E-state index is -0.507. The number of nitro groups is 1. The van der Waals surface area contributed by atoms with Crippen LogP contribution >= 0.6 is 0 Å². The van der Waals surface area contributed by atoms with E-state index in [-0.39, 0.29) is 29.2 Å². The number of nitro benzene ring substituents is 1. The van der Waals surface area contributed by atoms with Gasteiger partial charge in [-0.05, 0) is 24.5 Å². The SMILES string of the molecule is CC(C)[C@@H](N[C@H](C)C(=O)Nc1ccccc1[N+](=O)[O-])c1ccccc1. The molecule has 132 valence electrons. The van der Waals surface area contributed by atoms with Gasteiger partial charge in [-0.25, -0.2) is 0 Å². The van der Waals surface area contributed by atoms with Gasteiger partial charge >= 0.3 is 0 Å². The third-order valence-electron chi connectivity index (χ3n) is 4.01. The van der Waals surface area contributed by atoms with E-state index in [1.54, 1.807) is 19.1 Å². The second-order valence-electron chi connectivity index (χ2n) is 6.28. The Morgan fingerprint density at radius 1 is 1.00 bits per heavy atom. The molecule has 0 aliphatic rings. The van der Waals surface area contributed by atoms with Gasteiger partial charge in [0.2, 0.25) is 5.91 Å². The predicted octanol–water partition coefficient (Wildman–Crippen LogP) is 3.91. The molecule has 0 unspecified atom stereocenters. The Balaban J connectivity index is 2.10. The van der Waals surface area contributed by atoms with Crippen molar-refractivity contribution in [2.75, 3.05) is 5.32 Å². The zero-order chi connectivity index (χ0) is 18.4. The molecule has 0 aliphatic heterocycles. The topological polar surface area (TPSA) is 84.3 Å². The van der Waals surface area contributed by atoms with Crippen LogP contribution in [0.3, 0.4) is 0 Å². The second kappa shape index (κ2) is 8.39. The van der Waals surface area contributed by atoms with Crippen LogP contribution in [-0.4, -0.2) is 16.9 Å². The smallest absolute Gasteiger partial charge is 0.292 e. The molecular formula is C19H23N3O3. The van der Waals surface area contributed by atoms with E-state index in [1.807, 2.05) is 30.3 Å². The van der Waals surface area contributed by atoms with E-state index in [0.717, 1.165) is 5.56 Å². The first-order chi connectivity index (χ1) is 11.9. The third kappa shape index (κ3) is 4.87. The summed E-state index contributed by atoms with van der Waals surface area (Å²) in [5.74, 6) is -0.0282. The fourth-order valence-electron chi connectivity index (χ4n) is 2.66. The molecule has 0 bridgehead atoms. The van der Waals surface area contributed by atoms with Gasteiger partial charge in [0.15, 0.2) is 0 Å². The van der Waals surface area contributed by atoms with Crippen molar-refractivity contribution in [2.24, 2.45) is 5.92 Å². The van der Waals surface area contributed by atoms with Crippen LogP contribution in [-0.2, 0) is 4.79 Å². The lowest BCUT2D eigenvalue weighted by atomic mass is 9.95. The molecule has 2 atom stereocenters. The zero-order valence-electron chi connectivity index (χ0n) is 14.6. The molecule has 0 radical (unpaired) electrons.